The average molecular weight is 244 g/mol. The fourth-order valence-electron chi connectivity index (χ4n) is 1.87. The first-order valence-corrected chi connectivity index (χ1v) is 6.46. The Hall–Kier alpha value is -1.84. The predicted molar refractivity (Wildman–Crippen MR) is 73.4 cm³/mol. The van der Waals surface area contributed by atoms with Crippen LogP contribution in [0.3, 0.4) is 0 Å². The summed E-state index contributed by atoms with van der Waals surface area (Å²) in [6, 6.07) is 4.01. The number of nitrogens with one attached hydrogen (secondary N) is 1. The van der Waals surface area contributed by atoms with Crippen molar-refractivity contribution in [2.24, 2.45) is 0 Å². The number of nitrogens with zero attached hydrogens (tertiary/aromatic N) is 3. The summed E-state index contributed by atoms with van der Waals surface area (Å²) in [4.78, 5) is 8.62. The molecular weight excluding hydrogens is 224 g/mol. The molecule has 4 nitrogen and oxygen atoms in total. The van der Waals surface area contributed by atoms with Crippen LogP contribution in [-0.4, -0.2) is 14.5 Å². The van der Waals surface area contributed by atoms with Crippen molar-refractivity contribution >= 4 is 5.95 Å². The number of rotatable bonds is 6. The molecule has 2 heterocycles. The molecular formula is C14H20N4. The third kappa shape index (κ3) is 3.32. The van der Waals surface area contributed by atoms with Crippen LogP contribution in [0, 0.1) is 6.92 Å². The molecule has 0 amide bonds. The van der Waals surface area contributed by atoms with Crippen LogP contribution in [0.2, 0.25) is 0 Å². The molecule has 0 radical (unpaired) electrons. The number of aryl methyl sites for hydroxylation is 2. The minimum Gasteiger partial charge on any atom is -0.352 e. The van der Waals surface area contributed by atoms with E-state index in [1.54, 1.807) is 6.20 Å². The summed E-state index contributed by atoms with van der Waals surface area (Å²) in [7, 11) is 0. The minimum absolute atomic E-state index is 0.760. The Morgan fingerprint density at radius 2 is 2.28 bits per heavy atom. The first kappa shape index (κ1) is 12.6. The number of anilines is 1. The van der Waals surface area contributed by atoms with E-state index in [1.807, 2.05) is 19.2 Å². The molecule has 0 saturated carbocycles. The quantitative estimate of drug-likeness (QED) is 0.849. The fourth-order valence-corrected chi connectivity index (χ4v) is 1.87. The first-order valence-electron chi connectivity index (χ1n) is 6.46. The van der Waals surface area contributed by atoms with E-state index in [1.165, 1.54) is 18.4 Å². The van der Waals surface area contributed by atoms with Gasteiger partial charge in [-0.1, -0.05) is 19.4 Å². The standard InChI is InChI=1S/C14H20N4/c1-3-4-8-18-11-12(2)17-14(18)16-10-13-6-5-7-15-9-13/h5-7,9,11H,3-4,8,10H2,1-2H3,(H,16,17). The molecule has 0 bridgehead atoms. The van der Waals surface area contributed by atoms with E-state index in [9.17, 15) is 0 Å². The van der Waals surface area contributed by atoms with Crippen molar-refractivity contribution in [2.45, 2.75) is 39.8 Å². The third-order valence-electron chi connectivity index (χ3n) is 2.82. The molecule has 96 valence electrons. The number of pyridine rings is 1. The Bertz CT molecular complexity index is 476. The molecule has 0 aromatic carbocycles. The van der Waals surface area contributed by atoms with Crippen molar-refractivity contribution < 1.29 is 0 Å². The zero-order chi connectivity index (χ0) is 12.8. The Morgan fingerprint density at radius 3 is 3.00 bits per heavy atom. The van der Waals surface area contributed by atoms with Crippen molar-refractivity contribution in [3.05, 3.63) is 42.0 Å². The normalized spacial score (nSPS) is 10.6. The van der Waals surface area contributed by atoms with Crippen LogP contribution in [0.15, 0.2) is 30.7 Å². The summed E-state index contributed by atoms with van der Waals surface area (Å²) >= 11 is 0. The van der Waals surface area contributed by atoms with Gasteiger partial charge in [-0.25, -0.2) is 4.98 Å². The molecule has 0 atom stereocenters. The second kappa shape index (κ2) is 6.19. The summed E-state index contributed by atoms with van der Waals surface area (Å²) in [5.41, 5.74) is 2.22. The topological polar surface area (TPSA) is 42.7 Å². The zero-order valence-electron chi connectivity index (χ0n) is 11.1. The van der Waals surface area contributed by atoms with Crippen molar-refractivity contribution in [2.75, 3.05) is 5.32 Å². The molecule has 0 spiro atoms. The maximum atomic E-state index is 4.51. The SMILES string of the molecule is CCCCn1cc(C)nc1NCc1cccnc1. The van der Waals surface area contributed by atoms with Crippen LogP contribution >= 0.6 is 0 Å². The van der Waals surface area contributed by atoms with E-state index >= 15 is 0 Å². The van der Waals surface area contributed by atoms with Gasteiger partial charge in [0.05, 0.1) is 5.69 Å². The number of imidazole rings is 1. The van der Waals surface area contributed by atoms with E-state index in [2.05, 4.69) is 39.0 Å². The fraction of sp³-hybridized carbons (Fsp3) is 0.429. The zero-order valence-corrected chi connectivity index (χ0v) is 11.1. The molecule has 4 heteroatoms. The summed E-state index contributed by atoms with van der Waals surface area (Å²) in [5, 5.41) is 3.37. The number of aromatic nitrogens is 3. The van der Waals surface area contributed by atoms with Crippen LogP contribution in [0.5, 0.6) is 0 Å². The van der Waals surface area contributed by atoms with Gasteiger partial charge in [0.15, 0.2) is 0 Å². The molecule has 0 saturated heterocycles. The monoisotopic (exact) mass is 244 g/mol. The maximum Gasteiger partial charge on any atom is 0.203 e. The van der Waals surface area contributed by atoms with Crippen LogP contribution in [-0.2, 0) is 13.1 Å². The van der Waals surface area contributed by atoms with E-state index in [0.717, 1.165) is 24.7 Å². The van der Waals surface area contributed by atoms with Gasteiger partial charge in [0, 0.05) is 31.7 Å². The molecule has 1 N–H and O–H groups in total. The smallest absolute Gasteiger partial charge is 0.203 e. The highest BCUT2D eigenvalue weighted by atomic mass is 15.2. The van der Waals surface area contributed by atoms with Crippen LogP contribution < -0.4 is 5.32 Å². The largest absolute Gasteiger partial charge is 0.352 e. The lowest BCUT2D eigenvalue weighted by atomic mass is 10.3. The number of hydrogen-bond donors (Lipinski definition) is 1. The first-order chi connectivity index (χ1) is 8.79. The van der Waals surface area contributed by atoms with Gasteiger partial charge >= 0.3 is 0 Å². The van der Waals surface area contributed by atoms with E-state index in [0.29, 0.717) is 0 Å². The molecule has 0 unspecified atom stereocenters. The molecule has 2 rings (SSSR count). The molecule has 0 aliphatic rings. The number of unbranched alkanes of at least 4 members (excludes halogenated alkanes) is 1. The van der Waals surface area contributed by atoms with Gasteiger partial charge in [-0.3, -0.25) is 4.98 Å². The third-order valence-corrected chi connectivity index (χ3v) is 2.82. The van der Waals surface area contributed by atoms with E-state index in [-0.39, 0.29) is 0 Å². The minimum atomic E-state index is 0.760. The molecule has 0 fully saturated rings. The van der Waals surface area contributed by atoms with E-state index in [4.69, 9.17) is 0 Å². The second-order valence-electron chi connectivity index (χ2n) is 4.47. The van der Waals surface area contributed by atoms with Crippen molar-refractivity contribution in [3.63, 3.8) is 0 Å². The summed E-state index contributed by atoms with van der Waals surface area (Å²) in [6.07, 6.45) is 8.13. The van der Waals surface area contributed by atoms with Gasteiger partial charge in [0.2, 0.25) is 5.95 Å². The van der Waals surface area contributed by atoms with Crippen molar-refractivity contribution in [1.29, 1.82) is 0 Å². The molecule has 2 aromatic heterocycles. The Morgan fingerprint density at radius 1 is 1.39 bits per heavy atom. The van der Waals surface area contributed by atoms with Gasteiger partial charge < -0.3 is 9.88 Å². The van der Waals surface area contributed by atoms with Crippen molar-refractivity contribution in [1.82, 2.24) is 14.5 Å². The lowest BCUT2D eigenvalue weighted by Gasteiger charge is -2.09. The van der Waals surface area contributed by atoms with Gasteiger partial charge in [-0.05, 0) is 25.0 Å². The predicted octanol–water partition coefficient (Wildman–Crippen LogP) is 3.00. The lowest BCUT2D eigenvalue weighted by Crippen LogP contribution is -2.07. The molecule has 0 aliphatic carbocycles. The van der Waals surface area contributed by atoms with Gasteiger partial charge in [-0.2, -0.15) is 0 Å². The summed E-state index contributed by atoms with van der Waals surface area (Å²) < 4.78 is 2.19. The summed E-state index contributed by atoms with van der Waals surface area (Å²) in [6.45, 7) is 6.01. The average Bonchev–Trinajstić information content (AvgIpc) is 2.75. The van der Waals surface area contributed by atoms with Crippen LogP contribution in [0.25, 0.3) is 0 Å². The number of hydrogen-bond acceptors (Lipinski definition) is 3. The Labute approximate surface area is 108 Å². The summed E-state index contributed by atoms with van der Waals surface area (Å²) in [5.74, 6) is 0.949. The Balaban J connectivity index is 2.00. The maximum absolute atomic E-state index is 4.51. The Kier molecular flexibility index (Phi) is 4.34. The van der Waals surface area contributed by atoms with Gasteiger partial charge in [0.25, 0.3) is 0 Å². The molecule has 18 heavy (non-hydrogen) atoms. The van der Waals surface area contributed by atoms with Crippen LogP contribution in [0.1, 0.15) is 31.0 Å². The van der Waals surface area contributed by atoms with Crippen molar-refractivity contribution in [3.8, 4) is 0 Å². The molecule has 0 aliphatic heterocycles. The van der Waals surface area contributed by atoms with Gasteiger partial charge in [-0.15, -0.1) is 0 Å². The second-order valence-corrected chi connectivity index (χ2v) is 4.47. The van der Waals surface area contributed by atoms with Gasteiger partial charge in [0.1, 0.15) is 0 Å². The molecule has 2 aromatic rings. The lowest BCUT2D eigenvalue weighted by molar-refractivity contribution is 0.634. The highest BCUT2D eigenvalue weighted by Crippen LogP contribution is 2.11. The van der Waals surface area contributed by atoms with Crippen LogP contribution in [0.4, 0.5) is 5.95 Å². The highest BCUT2D eigenvalue weighted by Gasteiger charge is 2.04. The van der Waals surface area contributed by atoms with E-state index < -0.39 is 0 Å². The highest BCUT2D eigenvalue weighted by molar-refractivity contribution is 5.30.